The van der Waals surface area contributed by atoms with Crippen molar-refractivity contribution in [2.45, 2.75) is 6.04 Å². The second-order valence-electron chi connectivity index (χ2n) is 5.46. The van der Waals surface area contributed by atoms with E-state index in [0.29, 0.717) is 0 Å². The third kappa shape index (κ3) is 3.51. The van der Waals surface area contributed by atoms with Gasteiger partial charge in [0.05, 0.1) is 20.3 Å². The molecule has 0 aliphatic rings. The molecule has 3 aromatic rings. The Bertz CT molecular complexity index is 772. The minimum atomic E-state index is -0.0429. The topological polar surface area (TPSA) is 30.5 Å². The van der Waals surface area contributed by atoms with Gasteiger partial charge in [-0.3, -0.25) is 0 Å². The molecule has 24 heavy (non-hydrogen) atoms. The highest BCUT2D eigenvalue weighted by Gasteiger charge is 2.19. The van der Waals surface area contributed by atoms with Crippen LogP contribution in [-0.2, 0) is 0 Å². The van der Waals surface area contributed by atoms with Crippen LogP contribution < -0.4 is 14.8 Å². The minimum absolute atomic E-state index is 0.0429. The maximum Gasteiger partial charge on any atom is 0.124 e. The van der Waals surface area contributed by atoms with Gasteiger partial charge in [0.1, 0.15) is 11.5 Å². The van der Waals surface area contributed by atoms with Crippen LogP contribution in [0.15, 0.2) is 78.9 Å². The molecule has 0 aliphatic heterocycles. The van der Waals surface area contributed by atoms with Crippen molar-refractivity contribution in [1.29, 1.82) is 0 Å². The van der Waals surface area contributed by atoms with Crippen molar-refractivity contribution < 1.29 is 9.47 Å². The van der Waals surface area contributed by atoms with Crippen molar-refractivity contribution in [3.8, 4) is 11.5 Å². The van der Waals surface area contributed by atoms with Crippen molar-refractivity contribution >= 4 is 5.69 Å². The zero-order valence-corrected chi connectivity index (χ0v) is 13.9. The summed E-state index contributed by atoms with van der Waals surface area (Å²) in [5, 5.41) is 3.60. The number of methoxy groups -OCH3 is 2. The molecule has 0 saturated heterocycles. The highest BCUT2D eigenvalue weighted by atomic mass is 16.5. The number of ether oxygens (including phenoxy) is 2. The smallest absolute Gasteiger partial charge is 0.124 e. The number of anilines is 1. The maximum atomic E-state index is 5.59. The summed E-state index contributed by atoms with van der Waals surface area (Å²) in [7, 11) is 3.36. The first-order chi connectivity index (χ1) is 11.8. The van der Waals surface area contributed by atoms with Crippen molar-refractivity contribution in [2.24, 2.45) is 0 Å². The van der Waals surface area contributed by atoms with Crippen LogP contribution in [0.4, 0.5) is 5.69 Å². The van der Waals surface area contributed by atoms with Gasteiger partial charge in [-0.15, -0.1) is 0 Å². The molecule has 0 fully saturated rings. The lowest BCUT2D eigenvalue weighted by Crippen LogP contribution is -2.13. The first kappa shape index (κ1) is 15.9. The first-order valence-electron chi connectivity index (χ1n) is 7.90. The van der Waals surface area contributed by atoms with Gasteiger partial charge in [-0.05, 0) is 35.9 Å². The highest BCUT2D eigenvalue weighted by molar-refractivity contribution is 5.53. The highest BCUT2D eigenvalue weighted by Crippen LogP contribution is 2.35. The Morgan fingerprint density at radius 3 is 2.04 bits per heavy atom. The molecule has 0 heterocycles. The molecule has 122 valence electrons. The molecular formula is C21H21NO2. The average molecular weight is 319 g/mol. The van der Waals surface area contributed by atoms with Gasteiger partial charge in [0, 0.05) is 11.3 Å². The van der Waals surface area contributed by atoms with E-state index in [1.54, 1.807) is 14.2 Å². The van der Waals surface area contributed by atoms with E-state index in [-0.39, 0.29) is 6.04 Å². The van der Waals surface area contributed by atoms with Crippen LogP contribution in [-0.4, -0.2) is 14.2 Å². The van der Waals surface area contributed by atoms with E-state index in [2.05, 4.69) is 29.6 Å². The molecule has 1 unspecified atom stereocenters. The Kier molecular flexibility index (Phi) is 5.02. The van der Waals surface area contributed by atoms with Crippen LogP contribution in [0.5, 0.6) is 11.5 Å². The summed E-state index contributed by atoms with van der Waals surface area (Å²) < 4.78 is 11.0. The van der Waals surface area contributed by atoms with E-state index in [1.807, 2.05) is 54.6 Å². The molecule has 0 amide bonds. The van der Waals surface area contributed by atoms with Gasteiger partial charge in [0.2, 0.25) is 0 Å². The number of hydrogen-bond acceptors (Lipinski definition) is 3. The zero-order chi connectivity index (χ0) is 16.8. The Morgan fingerprint density at radius 2 is 1.42 bits per heavy atom. The maximum absolute atomic E-state index is 5.59. The molecule has 1 atom stereocenters. The van der Waals surface area contributed by atoms with E-state index in [9.17, 15) is 0 Å². The molecular weight excluding hydrogens is 298 g/mol. The van der Waals surface area contributed by atoms with Gasteiger partial charge in [-0.1, -0.05) is 48.5 Å². The molecule has 3 heteroatoms. The fourth-order valence-electron chi connectivity index (χ4n) is 2.75. The summed E-state index contributed by atoms with van der Waals surface area (Å²) in [6, 6.07) is 26.3. The Hall–Kier alpha value is -2.94. The molecule has 0 aliphatic carbocycles. The van der Waals surface area contributed by atoms with Crippen molar-refractivity contribution in [3.05, 3.63) is 90.0 Å². The van der Waals surface area contributed by atoms with E-state index in [0.717, 1.165) is 28.3 Å². The molecule has 0 saturated carbocycles. The lowest BCUT2D eigenvalue weighted by atomic mass is 9.97. The molecule has 3 rings (SSSR count). The molecule has 3 nitrogen and oxygen atoms in total. The third-order valence-electron chi connectivity index (χ3n) is 3.97. The zero-order valence-electron chi connectivity index (χ0n) is 13.9. The lowest BCUT2D eigenvalue weighted by molar-refractivity contribution is 0.398. The van der Waals surface area contributed by atoms with Gasteiger partial charge in [-0.2, -0.15) is 0 Å². The fraction of sp³-hybridized carbons (Fsp3) is 0.143. The summed E-state index contributed by atoms with van der Waals surface area (Å²) in [5.74, 6) is 1.63. The van der Waals surface area contributed by atoms with E-state index in [1.165, 1.54) is 0 Å². The van der Waals surface area contributed by atoms with Gasteiger partial charge in [-0.25, -0.2) is 0 Å². The number of hydrogen-bond donors (Lipinski definition) is 1. The summed E-state index contributed by atoms with van der Waals surface area (Å²) >= 11 is 0. The Balaban J connectivity index is 2.08. The molecule has 0 radical (unpaired) electrons. The summed E-state index contributed by atoms with van der Waals surface area (Å²) in [4.78, 5) is 0. The minimum Gasteiger partial charge on any atom is -0.497 e. The molecule has 0 spiro atoms. The van der Waals surface area contributed by atoms with E-state index in [4.69, 9.17) is 9.47 Å². The van der Waals surface area contributed by atoms with Gasteiger partial charge < -0.3 is 14.8 Å². The lowest BCUT2D eigenvalue weighted by Gasteiger charge is -2.23. The van der Waals surface area contributed by atoms with Crippen LogP contribution in [0.2, 0.25) is 0 Å². The fourth-order valence-corrected chi connectivity index (χ4v) is 2.75. The van der Waals surface area contributed by atoms with Crippen LogP contribution in [0, 0.1) is 0 Å². The summed E-state index contributed by atoms with van der Waals surface area (Å²) in [6.07, 6.45) is 0. The van der Waals surface area contributed by atoms with Crippen LogP contribution in [0.25, 0.3) is 0 Å². The standard InChI is InChI=1S/C21H21NO2/c1-23-18-13-14-20(24-2)19(15-18)21(16-9-5-3-6-10-16)22-17-11-7-4-8-12-17/h3-15,21-22H,1-2H3. The molecule has 1 N–H and O–H groups in total. The molecule has 3 aromatic carbocycles. The normalized spacial score (nSPS) is 11.6. The second kappa shape index (κ2) is 7.55. The predicted octanol–water partition coefficient (Wildman–Crippen LogP) is 4.91. The largest absolute Gasteiger partial charge is 0.497 e. The van der Waals surface area contributed by atoms with Crippen molar-refractivity contribution in [3.63, 3.8) is 0 Å². The number of benzene rings is 3. The van der Waals surface area contributed by atoms with Crippen LogP contribution in [0.1, 0.15) is 17.2 Å². The first-order valence-corrected chi connectivity index (χ1v) is 7.90. The van der Waals surface area contributed by atoms with Crippen LogP contribution in [0.3, 0.4) is 0 Å². The van der Waals surface area contributed by atoms with E-state index < -0.39 is 0 Å². The van der Waals surface area contributed by atoms with Crippen LogP contribution >= 0.6 is 0 Å². The third-order valence-corrected chi connectivity index (χ3v) is 3.97. The van der Waals surface area contributed by atoms with Gasteiger partial charge in [0.15, 0.2) is 0 Å². The number of para-hydroxylation sites is 1. The quantitative estimate of drug-likeness (QED) is 0.700. The average Bonchev–Trinajstić information content (AvgIpc) is 2.67. The number of rotatable bonds is 6. The van der Waals surface area contributed by atoms with Crippen molar-refractivity contribution in [1.82, 2.24) is 0 Å². The Morgan fingerprint density at radius 1 is 0.750 bits per heavy atom. The number of nitrogens with one attached hydrogen (secondary N) is 1. The molecule has 0 bridgehead atoms. The Labute approximate surface area is 142 Å². The van der Waals surface area contributed by atoms with Crippen molar-refractivity contribution in [2.75, 3.05) is 19.5 Å². The van der Waals surface area contributed by atoms with Gasteiger partial charge >= 0.3 is 0 Å². The predicted molar refractivity (Wildman–Crippen MR) is 97.9 cm³/mol. The SMILES string of the molecule is COc1ccc(OC)c(C(Nc2ccccc2)c2ccccc2)c1. The summed E-state index contributed by atoms with van der Waals surface area (Å²) in [6.45, 7) is 0. The second-order valence-corrected chi connectivity index (χ2v) is 5.46. The van der Waals surface area contributed by atoms with E-state index >= 15 is 0 Å². The summed E-state index contributed by atoms with van der Waals surface area (Å²) in [5.41, 5.74) is 3.25. The monoisotopic (exact) mass is 319 g/mol. The molecule has 0 aromatic heterocycles. The van der Waals surface area contributed by atoms with Gasteiger partial charge in [0.25, 0.3) is 0 Å².